The maximum absolute atomic E-state index is 12.1. The van der Waals surface area contributed by atoms with Crippen molar-refractivity contribution < 1.29 is 19.4 Å². The third-order valence-corrected chi connectivity index (χ3v) is 3.98. The molecule has 1 aromatic carbocycles. The van der Waals surface area contributed by atoms with E-state index in [0.717, 1.165) is 5.56 Å². The molecule has 0 spiro atoms. The van der Waals surface area contributed by atoms with Gasteiger partial charge in [0.2, 0.25) is 0 Å². The van der Waals surface area contributed by atoms with Crippen molar-refractivity contribution in [3.05, 3.63) is 35.9 Å². The molecule has 6 nitrogen and oxygen atoms in total. The lowest BCUT2D eigenvalue weighted by Gasteiger charge is -2.31. The minimum atomic E-state index is -0.771. The van der Waals surface area contributed by atoms with Gasteiger partial charge >= 0.3 is 12.0 Å². The number of hydrogen-bond donors (Lipinski definition) is 2. The molecular formula is C17H24N2O4. The van der Waals surface area contributed by atoms with E-state index in [1.54, 1.807) is 4.90 Å². The molecule has 1 fully saturated rings. The summed E-state index contributed by atoms with van der Waals surface area (Å²) in [6.07, 6.45) is 1.03. The van der Waals surface area contributed by atoms with E-state index in [-0.39, 0.29) is 18.0 Å². The Morgan fingerprint density at radius 1 is 1.30 bits per heavy atom. The maximum atomic E-state index is 12.1. The van der Waals surface area contributed by atoms with Gasteiger partial charge in [-0.1, -0.05) is 30.3 Å². The van der Waals surface area contributed by atoms with Gasteiger partial charge in [-0.2, -0.15) is 0 Å². The Labute approximate surface area is 136 Å². The van der Waals surface area contributed by atoms with Gasteiger partial charge in [0.05, 0.1) is 25.2 Å². The van der Waals surface area contributed by atoms with Crippen molar-refractivity contribution in [3.8, 4) is 0 Å². The zero-order valence-electron chi connectivity index (χ0n) is 13.4. The van der Waals surface area contributed by atoms with E-state index in [4.69, 9.17) is 9.84 Å². The van der Waals surface area contributed by atoms with Gasteiger partial charge in [0, 0.05) is 13.1 Å². The van der Waals surface area contributed by atoms with Crippen molar-refractivity contribution in [2.24, 2.45) is 5.92 Å². The molecule has 126 valence electrons. The lowest BCUT2D eigenvalue weighted by atomic mass is 9.97. The second-order valence-electron chi connectivity index (χ2n) is 5.95. The second-order valence-corrected chi connectivity index (χ2v) is 5.95. The average Bonchev–Trinajstić information content (AvgIpc) is 2.56. The summed E-state index contributed by atoms with van der Waals surface area (Å²) in [6.45, 7) is 3.82. The molecule has 1 aromatic rings. The normalized spacial score (nSPS) is 16.8. The highest BCUT2D eigenvalue weighted by atomic mass is 16.5. The van der Waals surface area contributed by atoms with Gasteiger partial charge in [-0.15, -0.1) is 0 Å². The Kier molecular flexibility index (Phi) is 6.40. The van der Waals surface area contributed by atoms with E-state index in [0.29, 0.717) is 39.1 Å². The lowest BCUT2D eigenvalue weighted by Crippen LogP contribution is -2.48. The molecule has 1 atom stereocenters. The predicted octanol–water partition coefficient (Wildman–Crippen LogP) is 2.10. The van der Waals surface area contributed by atoms with Crippen LogP contribution in [0.25, 0.3) is 0 Å². The predicted molar refractivity (Wildman–Crippen MR) is 86.0 cm³/mol. The van der Waals surface area contributed by atoms with Crippen LogP contribution in [0.3, 0.4) is 0 Å². The summed E-state index contributed by atoms with van der Waals surface area (Å²) in [5, 5.41) is 11.9. The molecule has 6 heteroatoms. The highest BCUT2D eigenvalue weighted by Crippen LogP contribution is 2.17. The number of nitrogens with zero attached hydrogens (tertiary/aromatic N) is 1. The summed E-state index contributed by atoms with van der Waals surface area (Å²) in [5.74, 6) is -1.10. The smallest absolute Gasteiger partial charge is 0.317 e. The number of urea groups is 1. The molecule has 1 aliphatic heterocycles. The van der Waals surface area contributed by atoms with E-state index in [9.17, 15) is 9.59 Å². The fourth-order valence-corrected chi connectivity index (χ4v) is 2.60. The molecule has 0 aromatic heterocycles. The summed E-state index contributed by atoms with van der Waals surface area (Å²) in [4.78, 5) is 24.7. The Hall–Kier alpha value is -2.08. The number of piperidine rings is 1. The van der Waals surface area contributed by atoms with Crippen molar-refractivity contribution in [3.63, 3.8) is 0 Å². The van der Waals surface area contributed by atoms with Crippen LogP contribution in [0.2, 0.25) is 0 Å². The number of rotatable bonds is 6. The Morgan fingerprint density at radius 2 is 1.96 bits per heavy atom. The number of aliphatic carboxylic acids is 1. The van der Waals surface area contributed by atoms with Crippen LogP contribution in [0.15, 0.2) is 30.3 Å². The minimum absolute atomic E-state index is 0.0941. The molecule has 0 aliphatic carbocycles. The van der Waals surface area contributed by atoms with E-state index in [2.05, 4.69) is 5.32 Å². The number of amides is 2. The van der Waals surface area contributed by atoms with Crippen LogP contribution in [0.4, 0.5) is 4.79 Å². The molecule has 2 rings (SSSR count). The number of ether oxygens (including phenoxy) is 1. The molecule has 1 heterocycles. The van der Waals surface area contributed by atoms with E-state index >= 15 is 0 Å². The summed E-state index contributed by atoms with van der Waals surface area (Å²) in [5.41, 5.74) is 1.10. The molecule has 0 bridgehead atoms. The summed E-state index contributed by atoms with van der Waals surface area (Å²) in [6, 6.07) is 9.63. The Morgan fingerprint density at radius 3 is 2.57 bits per heavy atom. The highest BCUT2D eigenvalue weighted by molar-refractivity contribution is 5.75. The number of nitrogens with one attached hydrogen (secondary N) is 1. The summed E-state index contributed by atoms with van der Waals surface area (Å²) >= 11 is 0. The number of carbonyl (C=O) groups is 2. The molecular weight excluding hydrogens is 296 g/mol. The summed E-state index contributed by atoms with van der Waals surface area (Å²) < 4.78 is 5.61. The van der Waals surface area contributed by atoms with Gasteiger partial charge < -0.3 is 20.1 Å². The van der Waals surface area contributed by atoms with Crippen molar-refractivity contribution >= 4 is 12.0 Å². The monoisotopic (exact) mass is 320 g/mol. The third-order valence-electron chi connectivity index (χ3n) is 3.98. The second kappa shape index (κ2) is 8.53. The number of likely N-dealkylation sites (tertiary alicyclic amines) is 1. The van der Waals surface area contributed by atoms with Gasteiger partial charge in [0.1, 0.15) is 0 Å². The fraction of sp³-hybridized carbons (Fsp3) is 0.529. The van der Waals surface area contributed by atoms with Crippen molar-refractivity contribution in [2.75, 3.05) is 19.7 Å². The van der Waals surface area contributed by atoms with Crippen LogP contribution in [-0.2, 0) is 16.1 Å². The number of benzene rings is 1. The van der Waals surface area contributed by atoms with Crippen LogP contribution in [0.5, 0.6) is 0 Å². The first kappa shape index (κ1) is 17.3. The molecule has 0 saturated carbocycles. The topological polar surface area (TPSA) is 78.9 Å². The lowest BCUT2D eigenvalue weighted by molar-refractivity contribution is -0.143. The zero-order valence-corrected chi connectivity index (χ0v) is 13.4. The molecule has 0 radical (unpaired) electrons. The van der Waals surface area contributed by atoms with Crippen LogP contribution >= 0.6 is 0 Å². The van der Waals surface area contributed by atoms with Crippen molar-refractivity contribution in [1.29, 1.82) is 0 Å². The molecule has 1 saturated heterocycles. The molecule has 23 heavy (non-hydrogen) atoms. The van der Waals surface area contributed by atoms with Crippen LogP contribution in [0, 0.1) is 5.92 Å². The van der Waals surface area contributed by atoms with E-state index in [1.165, 1.54) is 0 Å². The average molecular weight is 320 g/mol. The van der Waals surface area contributed by atoms with Crippen LogP contribution < -0.4 is 5.32 Å². The van der Waals surface area contributed by atoms with Gasteiger partial charge in [0.15, 0.2) is 0 Å². The largest absolute Gasteiger partial charge is 0.481 e. The Bertz CT molecular complexity index is 513. The zero-order chi connectivity index (χ0) is 16.7. The maximum Gasteiger partial charge on any atom is 0.317 e. The summed E-state index contributed by atoms with van der Waals surface area (Å²) in [7, 11) is 0. The van der Waals surface area contributed by atoms with Gasteiger partial charge in [0.25, 0.3) is 0 Å². The first-order valence-electron chi connectivity index (χ1n) is 7.96. The van der Waals surface area contributed by atoms with Crippen LogP contribution in [-0.4, -0.2) is 47.7 Å². The van der Waals surface area contributed by atoms with Gasteiger partial charge in [-0.3, -0.25) is 4.79 Å². The molecule has 2 N–H and O–H groups in total. The molecule has 1 unspecified atom stereocenters. The number of hydrogen-bond acceptors (Lipinski definition) is 3. The Balaban J connectivity index is 1.66. The molecule has 2 amide bonds. The highest BCUT2D eigenvalue weighted by Gasteiger charge is 2.27. The quantitative estimate of drug-likeness (QED) is 0.841. The van der Waals surface area contributed by atoms with Crippen LogP contribution in [0.1, 0.15) is 25.3 Å². The third kappa shape index (κ3) is 5.56. The fourth-order valence-electron chi connectivity index (χ4n) is 2.60. The number of carboxylic acid groups (broad SMARTS) is 1. The SMILES string of the molecule is CC(COCc1ccccc1)NC(=O)N1CCC(C(=O)O)CC1. The first-order chi connectivity index (χ1) is 11.1. The first-order valence-corrected chi connectivity index (χ1v) is 7.96. The van der Waals surface area contributed by atoms with Crippen molar-refractivity contribution in [1.82, 2.24) is 10.2 Å². The number of carboxylic acids is 1. The van der Waals surface area contributed by atoms with E-state index in [1.807, 2.05) is 37.3 Å². The minimum Gasteiger partial charge on any atom is -0.481 e. The van der Waals surface area contributed by atoms with Gasteiger partial charge in [-0.25, -0.2) is 4.79 Å². The molecule has 1 aliphatic rings. The van der Waals surface area contributed by atoms with Crippen molar-refractivity contribution in [2.45, 2.75) is 32.4 Å². The van der Waals surface area contributed by atoms with Gasteiger partial charge in [-0.05, 0) is 25.3 Å². The van der Waals surface area contributed by atoms with E-state index < -0.39 is 5.97 Å². The number of carbonyl (C=O) groups excluding carboxylic acids is 1. The standard InChI is InChI=1S/C17H24N2O4/c1-13(11-23-12-14-5-3-2-4-6-14)18-17(22)19-9-7-15(8-10-19)16(20)21/h2-6,13,15H,7-12H2,1H3,(H,18,22)(H,20,21).